The van der Waals surface area contributed by atoms with E-state index in [9.17, 15) is 0 Å². The molecule has 2 rings (SSSR count). The first-order chi connectivity index (χ1) is 9.72. The van der Waals surface area contributed by atoms with Gasteiger partial charge < -0.3 is 14.2 Å². The molecule has 2 fully saturated rings. The summed E-state index contributed by atoms with van der Waals surface area (Å²) in [6, 6.07) is 0.313. The van der Waals surface area contributed by atoms with Crippen molar-refractivity contribution in [3.05, 3.63) is 0 Å². The maximum Gasteiger partial charge on any atom is 0.107 e. The molecule has 0 aromatic rings. The second-order valence-electron chi connectivity index (χ2n) is 5.75. The second-order valence-corrected chi connectivity index (χ2v) is 5.75. The maximum atomic E-state index is 6.12. The number of methoxy groups -OCH3 is 2. The first kappa shape index (κ1) is 15.8. The summed E-state index contributed by atoms with van der Waals surface area (Å²) in [6.07, 6.45) is 5.64. The van der Waals surface area contributed by atoms with Crippen LogP contribution in [0.3, 0.4) is 0 Å². The Kier molecular flexibility index (Phi) is 6.31. The monoisotopic (exact) mass is 281 g/mol. The van der Waals surface area contributed by atoms with Crippen molar-refractivity contribution in [2.24, 2.45) is 0 Å². The standard InChI is InChI=1S/C16H27NO3/c1-13(5-4-10-18-2)17-8-6-14(7-9-17)20-16-11-15(12-16)19-3/h13-16H,6-12H2,1-3H3. The number of rotatable bonds is 5. The van der Waals surface area contributed by atoms with Gasteiger partial charge in [0, 0.05) is 27.3 Å². The van der Waals surface area contributed by atoms with Crippen molar-refractivity contribution < 1.29 is 14.2 Å². The summed E-state index contributed by atoms with van der Waals surface area (Å²) in [5.74, 6) is 6.28. The molecule has 1 saturated carbocycles. The minimum absolute atomic E-state index is 0.313. The third-order valence-electron chi connectivity index (χ3n) is 4.32. The molecule has 4 heteroatoms. The third-order valence-corrected chi connectivity index (χ3v) is 4.32. The third kappa shape index (κ3) is 4.46. The lowest BCUT2D eigenvalue weighted by molar-refractivity contribution is -0.126. The molecule has 1 aliphatic heterocycles. The Morgan fingerprint density at radius 2 is 1.80 bits per heavy atom. The van der Waals surface area contributed by atoms with Crippen LogP contribution in [0.25, 0.3) is 0 Å². The molecule has 0 spiro atoms. The maximum absolute atomic E-state index is 6.12. The van der Waals surface area contributed by atoms with Gasteiger partial charge in [0.1, 0.15) is 6.61 Å². The molecule has 1 heterocycles. The van der Waals surface area contributed by atoms with Gasteiger partial charge in [-0.15, -0.1) is 0 Å². The molecule has 1 unspecified atom stereocenters. The molecule has 1 atom stereocenters. The van der Waals surface area contributed by atoms with Gasteiger partial charge in [-0.25, -0.2) is 0 Å². The van der Waals surface area contributed by atoms with E-state index < -0.39 is 0 Å². The van der Waals surface area contributed by atoms with Gasteiger partial charge in [-0.3, -0.25) is 4.90 Å². The smallest absolute Gasteiger partial charge is 0.107 e. The van der Waals surface area contributed by atoms with E-state index >= 15 is 0 Å². The number of hydrogen-bond acceptors (Lipinski definition) is 4. The molecule has 2 aliphatic rings. The van der Waals surface area contributed by atoms with Crippen LogP contribution in [0.2, 0.25) is 0 Å². The molecular weight excluding hydrogens is 254 g/mol. The predicted molar refractivity (Wildman–Crippen MR) is 78.6 cm³/mol. The average molecular weight is 281 g/mol. The highest BCUT2D eigenvalue weighted by Crippen LogP contribution is 2.29. The van der Waals surface area contributed by atoms with Crippen LogP contribution in [0.1, 0.15) is 32.6 Å². The van der Waals surface area contributed by atoms with E-state index in [0.29, 0.717) is 31.0 Å². The highest BCUT2D eigenvalue weighted by atomic mass is 16.5. The van der Waals surface area contributed by atoms with Crippen molar-refractivity contribution >= 4 is 0 Å². The van der Waals surface area contributed by atoms with E-state index in [2.05, 4.69) is 23.7 Å². The fourth-order valence-corrected chi connectivity index (χ4v) is 2.85. The minimum Gasteiger partial charge on any atom is -0.381 e. The fraction of sp³-hybridized carbons (Fsp3) is 0.875. The summed E-state index contributed by atoms with van der Waals surface area (Å²) in [7, 11) is 3.46. The average Bonchev–Trinajstić information content (AvgIpc) is 2.43. The van der Waals surface area contributed by atoms with E-state index in [1.165, 1.54) is 0 Å². The largest absolute Gasteiger partial charge is 0.381 e. The molecule has 0 aromatic carbocycles. The van der Waals surface area contributed by atoms with Crippen molar-refractivity contribution in [2.75, 3.05) is 33.9 Å². The Morgan fingerprint density at radius 1 is 1.10 bits per heavy atom. The summed E-state index contributed by atoms with van der Waals surface area (Å²) < 4.78 is 16.4. The van der Waals surface area contributed by atoms with E-state index in [1.54, 1.807) is 14.2 Å². The van der Waals surface area contributed by atoms with E-state index in [1.807, 2.05) is 0 Å². The van der Waals surface area contributed by atoms with Gasteiger partial charge in [-0.1, -0.05) is 11.8 Å². The molecule has 1 saturated heterocycles. The molecule has 4 nitrogen and oxygen atoms in total. The van der Waals surface area contributed by atoms with Crippen molar-refractivity contribution in [1.29, 1.82) is 0 Å². The summed E-state index contributed by atoms with van der Waals surface area (Å²) in [5, 5.41) is 0. The summed E-state index contributed by atoms with van der Waals surface area (Å²) in [6.45, 7) is 4.84. The molecule has 0 N–H and O–H groups in total. The Balaban J connectivity index is 1.64. The first-order valence-electron chi connectivity index (χ1n) is 7.62. The molecule has 114 valence electrons. The lowest BCUT2D eigenvalue weighted by Gasteiger charge is -2.40. The summed E-state index contributed by atoms with van der Waals surface area (Å²) in [5.41, 5.74) is 0. The van der Waals surface area contributed by atoms with Crippen LogP contribution in [-0.2, 0) is 14.2 Å². The van der Waals surface area contributed by atoms with E-state index in [4.69, 9.17) is 14.2 Å². The molecule has 0 amide bonds. The quantitative estimate of drug-likeness (QED) is 0.718. The Morgan fingerprint density at radius 3 is 2.40 bits per heavy atom. The zero-order valence-corrected chi connectivity index (χ0v) is 12.9. The Bertz CT molecular complexity index is 335. The van der Waals surface area contributed by atoms with Gasteiger partial charge in [0.15, 0.2) is 0 Å². The molecule has 0 aromatic heterocycles. The number of hydrogen-bond donors (Lipinski definition) is 0. The summed E-state index contributed by atoms with van der Waals surface area (Å²) in [4.78, 5) is 2.43. The van der Waals surface area contributed by atoms with Gasteiger partial charge in [-0.2, -0.15) is 0 Å². The normalized spacial score (nSPS) is 29.4. The first-order valence-corrected chi connectivity index (χ1v) is 7.62. The van der Waals surface area contributed by atoms with E-state index in [-0.39, 0.29) is 0 Å². The minimum atomic E-state index is 0.313. The lowest BCUT2D eigenvalue weighted by Crippen LogP contribution is -2.45. The zero-order valence-electron chi connectivity index (χ0n) is 12.9. The molecule has 20 heavy (non-hydrogen) atoms. The second kappa shape index (κ2) is 7.99. The van der Waals surface area contributed by atoms with Crippen molar-refractivity contribution in [1.82, 2.24) is 4.90 Å². The van der Waals surface area contributed by atoms with Crippen LogP contribution in [0.5, 0.6) is 0 Å². The van der Waals surface area contributed by atoms with Crippen molar-refractivity contribution in [3.8, 4) is 11.8 Å². The van der Waals surface area contributed by atoms with Gasteiger partial charge in [-0.05, 0) is 32.6 Å². The highest BCUT2D eigenvalue weighted by Gasteiger charge is 2.33. The van der Waals surface area contributed by atoms with Gasteiger partial charge in [0.25, 0.3) is 0 Å². The van der Waals surface area contributed by atoms with Gasteiger partial charge >= 0.3 is 0 Å². The van der Waals surface area contributed by atoms with Crippen LogP contribution >= 0.6 is 0 Å². The van der Waals surface area contributed by atoms with Crippen LogP contribution in [0, 0.1) is 11.8 Å². The number of likely N-dealkylation sites (tertiary alicyclic amines) is 1. The molecular formula is C16H27NO3. The summed E-state index contributed by atoms with van der Waals surface area (Å²) >= 11 is 0. The van der Waals surface area contributed by atoms with Crippen LogP contribution in [0.4, 0.5) is 0 Å². The molecule has 1 aliphatic carbocycles. The zero-order chi connectivity index (χ0) is 14.4. The van der Waals surface area contributed by atoms with Crippen LogP contribution in [-0.4, -0.2) is 63.2 Å². The topological polar surface area (TPSA) is 30.9 Å². The van der Waals surface area contributed by atoms with Crippen LogP contribution < -0.4 is 0 Å². The van der Waals surface area contributed by atoms with E-state index in [0.717, 1.165) is 38.8 Å². The Labute approximate surface area is 122 Å². The van der Waals surface area contributed by atoms with Gasteiger partial charge in [0.2, 0.25) is 0 Å². The number of piperidine rings is 1. The predicted octanol–water partition coefficient (Wildman–Crippen LogP) is 1.68. The van der Waals surface area contributed by atoms with Gasteiger partial charge in [0.05, 0.1) is 24.4 Å². The number of nitrogens with zero attached hydrogens (tertiary/aromatic N) is 1. The van der Waals surface area contributed by atoms with Crippen molar-refractivity contribution in [3.63, 3.8) is 0 Å². The SMILES string of the molecule is COCC#CC(C)N1CCC(OC2CC(OC)C2)CC1. The fourth-order valence-electron chi connectivity index (χ4n) is 2.85. The van der Waals surface area contributed by atoms with Crippen LogP contribution in [0.15, 0.2) is 0 Å². The highest BCUT2D eigenvalue weighted by molar-refractivity contribution is 5.07. The number of ether oxygens (including phenoxy) is 3. The molecule has 0 bridgehead atoms. The lowest BCUT2D eigenvalue weighted by atomic mass is 9.91. The Hall–Kier alpha value is -0.600. The van der Waals surface area contributed by atoms with Crippen molar-refractivity contribution in [2.45, 2.75) is 57.0 Å². The molecule has 0 radical (unpaired) electrons.